The lowest BCUT2D eigenvalue weighted by Gasteiger charge is -2.30. The Morgan fingerprint density at radius 3 is 2.47 bits per heavy atom. The molecular formula is C27H29N3O5S. The van der Waals surface area contributed by atoms with E-state index in [1.807, 2.05) is 30.3 Å². The van der Waals surface area contributed by atoms with Crippen LogP contribution in [0.25, 0.3) is 22.1 Å². The Kier molecular flexibility index (Phi) is 5.74. The average molecular weight is 508 g/mol. The maximum Gasteiger partial charge on any atom is 0.256 e. The molecule has 1 amide bonds. The summed E-state index contributed by atoms with van der Waals surface area (Å²) in [6, 6.07) is 16.2. The minimum absolute atomic E-state index is 0.00749. The van der Waals surface area contributed by atoms with Crippen LogP contribution >= 0.6 is 0 Å². The Bertz CT molecular complexity index is 1440. The molecule has 6 rings (SSSR count). The normalized spacial score (nSPS) is 22.6. The van der Waals surface area contributed by atoms with Gasteiger partial charge < -0.3 is 9.15 Å². The predicted molar refractivity (Wildman–Crippen MR) is 137 cm³/mol. The highest BCUT2D eigenvalue weighted by Crippen LogP contribution is 2.36. The fraction of sp³-hybridized carbons (Fsp3) is 0.407. The van der Waals surface area contributed by atoms with Crippen LogP contribution in [0.1, 0.15) is 24.8 Å². The molecule has 1 aromatic heterocycles. The van der Waals surface area contributed by atoms with Gasteiger partial charge in [0.15, 0.2) is 0 Å². The van der Waals surface area contributed by atoms with E-state index in [9.17, 15) is 13.2 Å². The Labute approximate surface area is 210 Å². The molecule has 1 atom stereocenters. The average Bonchev–Trinajstić information content (AvgIpc) is 3.60. The molecule has 0 radical (unpaired) electrons. The van der Waals surface area contributed by atoms with Gasteiger partial charge in [-0.3, -0.25) is 14.7 Å². The second kappa shape index (κ2) is 8.83. The molecule has 188 valence electrons. The monoisotopic (exact) mass is 507 g/mol. The lowest BCUT2D eigenvalue weighted by atomic mass is 9.90. The third-order valence-electron chi connectivity index (χ3n) is 7.63. The molecule has 1 spiro atoms. The molecule has 2 saturated heterocycles. The second-order valence-electron chi connectivity index (χ2n) is 10.0. The topological polar surface area (TPSA) is 92.4 Å². The molecule has 3 aliphatic rings. The fourth-order valence-corrected chi connectivity index (χ4v) is 6.47. The van der Waals surface area contributed by atoms with E-state index in [1.54, 1.807) is 11.2 Å². The van der Waals surface area contributed by atoms with Crippen molar-refractivity contribution >= 4 is 32.7 Å². The quantitative estimate of drug-likeness (QED) is 0.527. The molecule has 36 heavy (non-hydrogen) atoms. The first-order valence-corrected chi connectivity index (χ1v) is 14.2. The summed E-state index contributed by atoms with van der Waals surface area (Å²) in [6.45, 7) is 2.41. The fourth-order valence-electron chi connectivity index (χ4n) is 5.55. The van der Waals surface area contributed by atoms with Crippen LogP contribution in [0, 0.1) is 5.92 Å². The smallest absolute Gasteiger partial charge is 0.256 e. The van der Waals surface area contributed by atoms with Crippen LogP contribution in [0.2, 0.25) is 0 Å². The first-order valence-electron chi connectivity index (χ1n) is 12.4. The zero-order valence-electron chi connectivity index (χ0n) is 20.2. The number of sulfonamides is 1. The summed E-state index contributed by atoms with van der Waals surface area (Å²) in [6.07, 6.45) is 4.79. The first kappa shape index (κ1) is 23.4. The number of hydrogen-bond acceptors (Lipinski definition) is 6. The standard InChI is InChI=1S/C27H29N3O5S/c1-36(32,33)29-12-8-19(17-29)18-30-25(28-27(26(30)31)10-14-34-15-11-27)21-4-2-20(3-5-21)22-6-7-24-23(16-22)9-13-35-24/h2-7,9,13,16,19H,8,10-12,14-15,17-18H2,1H3. The molecule has 1 unspecified atom stereocenters. The van der Waals surface area contributed by atoms with E-state index in [2.05, 4.69) is 18.2 Å². The molecule has 0 bridgehead atoms. The molecule has 2 aromatic carbocycles. The minimum Gasteiger partial charge on any atom is -0.464 e. The molecular weight excluding hydrogens is 478 g/mol. The van der Waals surface area contributed by atoms with E-state index in [1.165, 1.54) is 10.6 Å². The summed E-state index contributed by atoms with van der Waals surface area (Å²) in [4.78, 5) is 20.6. The number of benzene rings is 2. The Hall–Kier alpha value is -3.01. The molecule has 0 aliphatic carbocycles. The lowest BCUT2D eigenvalue weighted by Crippen LogP contribution is -2.47. The van der Waals surface area contributed by atoms with Crippen LogP contribution in [0.3, 0.4) is 0 Å². The predicted octanol–water partition coefficient (Wildman–Crippen LogP) is 3.52. The number of amidine groups is 1. The minimum atomic E-state index is -3.24. The highest BCUT2D eigenvalue weighted by molar-refractivity contribution is 7.88. The zero-order chi connectivity index (χ0) is 24.9. The molecule has 8 nitrogen and oxygen atoms in total. The van der Waals surface area contributed by atoms with Crippen LogP contribution in [-0.4, -0.2) is 74.0 Å². The van der Waals surface area contributed by atoms with Crippen LogP contribution in [0.15, 0.2) is 64.2 Å². The van der Waals surface area contributed by atoms with Gasteiger partial charge in [-0.15, -0.1) is 0 Å². The highest BCUT2D eigenvalue weighted by atomic mass is 32.2. The number of aliphatic imine (C=N–C) groups is 1. The molecule has 2 fully saturated rings. The molecule has 3 aromatic rings. The van der Waals surface area contributed by atoms with Gasteiger partial charge in [0.1, 0.15) is 17.0 Å². The van der Waals surface area contributed by atoms with Crippen molar-refractivity contribution in [3.8, 4) is 11.1 Å². The number of nitrogens with zero attached hydrogens (tertiary/aromatic N) is 3. The van der Waals surface area contributed by atoms with E-state index >= 15 is 0 Å². The Balaban J connectivity index is 1.30. The Morgan fingerprint density at radius 1 is 1.03 bits per heavy atom. The van der Waals surface area contributed by atoms with E-state index in [-0.39, 0.29) is 11.8 Å². The van der Waals surface area contributed by atoms with Crippen LogP contribution in [0.5, 0.6) is 0 Å². The summed E-state index contributed by atoms with van der Waals surface area (Å²) in [7, 11) is -3.24. The molecule has 0 saturated carbocycles. The summed E-state index contributed by atoms with van der Waals surface area (Å²) < 4.78 is 36.5. The number of rotatable bonds is 5. The number of carbonyl (C=O) groups is 1. The molecule has 9 heteroatoms. The van der Waals surface area contributed by atoms with Gasteiger partial charge in [0.05, 0.1) is 12.5 Å². The van der Waals surface area contributed by atoms with Gasteiger partial charge in [-0.1, -0.05) is 30.3 Å². The van der Waals surface area contributed by atoms with Crippen molar-refractivity contribution in [2.45, 2.75) is 24.8 Å². The molecule has 3 aliphatic heterocycles. The third-order valence-corrected chi connectivity index (χ3v) is 8.90. The van der Waals surface area contributed by atoms with Crippen LogP contribution < -0.4 is 0 Å². The van der Waals surface area contributed by atoms with Crippen molar-refractivity contribution in [1.82, 2.24) is 9.21 Å². The number of carbonyl (C=O) groups excluding carboxylic acids is 1. The highest BCUT2D eigenvalue weighted by Gasteiger charge is 2.50. The largest absolute Gasteiger partial charge is 0.464 e. The maximum atomic E-state index is 13.7. The van der Waals surface area contributed by atoms with Crippen molar-refractivity contribution < 1.29 is 22.4 Å². The van der Waals surface area contributed by atoms with Gasteiger partial charge in [0, 0.05) is 56.6 Å². The summed E-state index contributed by atoms with van der Waals surface area (Å²) >= 11 is 0. The van der Waals surface area contributed by atoms with E-state index < -0.39 is 15.6 Å². The van der Waals surface area contributed by atoms with E-state index in [0.717, 1.165) is 34.1 Å². The van der Waals surface area contributed by atoms with Gasteiger partial charge in [0.25, 0.3) is 5.91 Å². The summed E-state index contributed by atoms with van der Waals surface area (Å²) in [5.41, 5.74) is 3.11. The van der Waals surface area contributed by atoms with Gasteiger partial charge >= 0.3 is 0 Å². The number of hydrogen-bond donors (Lipinski definition) is 0. The van der Waals surface area contributed by atoms with E-state index in [0.29, 0.717) is 51.5 Å². The third kappa shape index (κ3) is 4.15. The lowest BCUT2D eigenvalue weighted by molar-refractivity contribution is -0.134. The van der Waals surface area contributed by atoms with Gasteiger partial charge in [0.2, 0.25) is 10.0 Å². The van der Waals surface area contributed by atoms with Crippen molar-refractivity contribution in [2.75, 3.05) is 39.1 Å². The zero-order valence-corrected chi connectivity index (χ0v) is 21.0. The molecule has 4 heterocycles. The molecule has 0 N–H and O–H groups in total. The first-order chi connectivity index (χ1) is 17.3. The maximum absolute atomic E-state index is 13.7. The Morgan fingerprint density at radius 2 is 1.75 bits per heavy atom. The number of fused-ring (bicyclic) bond motifs is 1. The van der Waals surface area contributed by atoms with Gasteiger partial charge in [-0.05, 0) is 41.7 Å². The van der Waals surface area contributed by atoms with Crippen molar-refractivity contribution in [2.24, 2.45) is 10.9 Å². The second-order valence-corrected chi connectivity index (χ2v) is 12.0. The van der Waals surface area contributed by atoms with E-state index in [4.69, 9.17) is 14.1 Å². The van der Waals surface area contributed by atoms with Crippen molar-refractivity contribution in [3.63, 3.8) is 0 Å². The van der Waals surface area contributed by atoms with Gasteiger partial charge in [-0.2, -0.15) is 0 Å². The number of ether oxygens (including phenoxy) is 1. The van der Waals surface area contributed by atoms with Crippen molar-refractivity contribution in [3.05, 3.63) is 60.4 Å². The number of furan rings is 1. The SMILES string of the molecule is CS(=O)(=O)N1CCC(CN2C(=O)C3(CCOCC3)N=C2c2ccc(-c3ccc4occc4c3)cc2)C1. The van der Waals surface area contributed by atoms with Crippen LogP contribution in [-0.2, 0) is 19.6 Å². The van der Waals surface area contributed by atoms with Crippen LogP contribution in [0.4, 0.5) is 0 Å². The summed E-state index contributed by atoms with van der Waals surface area (Å²) in [5, 5.41) is 1.05. The number of amides is 1. The van der Waals surface area contributed by atoms with Gasteiger partial charge in [-0.25, -0.2) is 12.7 Å². The van der Waals surface area contributed by atoms with Crippen molar-refractivity contribution in [1.29, 1.82) is 0 Å². The summed E-state index contributed by atoms with van der Waals surface area (Å²) in [5.74, 6) is 0.759.